The summed E-state index contributed by atoms with van der Waals surface area (Å²) in [4.78, 5) is 0.620. The molecule has 0 radical (unpaired) electrons. The van der Waals surface area contributed by atoms with E-state index in [4.69, 9.17) is 5.73 Å². The number of rotatable bonds is 3. The molecule has 0 spiro atoms. The summed E-state index contributed by atoms with van der Waals surface area (Å²) in [7, 11) is 0. The second-order valence-corrected chi connectivity index (χ2v) is 5.64. The highest BCUT2D eigenvalue weighted by Gasteiger charge is 2.06. The lowest BCUT2D eigenvalue weighted by Gasteiger charge is -2.07. The molecule has 0 aliphatic carbocycles. The van der Waals surface area contributed by atoms with Gasteiger partial charge in [-0.05, 0) is 42.0 Å². The first-order valence-corrected chi connectivity index (χ1v) is 6.96. The van der Waals surface area contributed by atoms with Gasteiger partial charge in [-0.2, -0.15) is 0 Å². The van der Waals surface area contributed by atoms with E-state index in [0.29, 0.717) is 21.9 Å². The number of thioether (sulfide) groups is 1. The molecule has 2 aromatic rings. The number of benzene rings is 2. The highest BCUT2D eigenvalue weighted by Crippen LogP contribution is 2.30. The van der Waals surface area contributed by atoms with Crippen molar-refractivity contribution in [3.05, 3.63) is 58.1 Å². The van der Waals surface area contributed by atoms with Crippen LogP contribution in [0, 0.1) is 11.6 Å². The van der Waals surface area contributed by atoms with E-state index < -0.39 is 0 Å². The van der Waals surface area contributed by atoms with Crippen LogP contribution in [-0.4, -0.2) is 0 Å². The third-order valence-corrected chi connectivity index (χ3v) is 3.98. The molecule has 5 heteroatoms. The van der Waals surface area contributed by atoms with Gasteiger partial charge in [0.25, 0.3) is 0 Å². The topological polar surface area (TPSA) is 26.0 Å². The molecular formula is C13H10BrF2NS. The van der Waals surface area contributed by atoms with Crippen LogP contribution in [0.3, 0.4) is 0 Å². The third-order valence-electron chi connectivity index (χ3n) is 2.37. The Morgan fingerprint density at radius 2 is 1.89 bits per heavy atom. The molecule has 18 heavy (non-hydrogen) atoms. The number of nitrogen functional groups attached to an aromatic ring is 1. The van der Waals surface area contributed by atoms with Crippen LogP contribution in [0.25, 0.3) is 0 Å². The molecule has 0 unspecified atom stereocenters. The minimum atomic E-state index is -0.346. The van der Waals surface area contributed by atoms with Crippen LogP contribution in [0.4, 0.5) is 14.5 Å². The minimum absolute atomic E-state index is 0.277. The Balaban J connectivity index is 2.16. The van der Waals surface area contributed by atoms with Crippen LogP contribution < -0.4 is 5.73 Å². The quantitative estimate of drug-likeness (QED) is 0.657. The van der Waals surface area contributed by atoms with Crippen molar-refractivity contribution in [2.75, 3.05) is 5.73 Å². The van der Waals surface area contributed by atoms with E-state index in [1.807, 2.05) is 0 Å². The van der Waals surface area contributed by atoms with E-state index in [-0.39, 0.29) is 11.6 Å². The molecule has 0 saturated heterocycles. The molecule has 1 nitrogen and oxygen atoms in total. The van der Waals surface area contributed by atoms with Crippen molar-refractivity contribution in [3.63, 3.8) is 0 Å². The number of nitrogens with two attached hydrogens (primary N) is 1. The molecule has 0 atom stereocenters. The standard InChI is InChI=1S/C13H10BrF2NS/c14-9-1-3-11(16)8(5-9)7-18-13-6-10(15)2-4-12(13)17/h1-6H,7,17H2. The largest absolute Gasteiger partial charge is 0.398 e. The Hall–Kier alpha value is -1.07. The summed E-state index contributed by atoms with van der Waals surface area (Å²) in [5.41, 5.74) is 6.78. The second kappa shape index (κ2) is 5.71. The molecule has 0 amide bonds. The monoisotopic (exact) mass is 329 g/mol. The lowest BCUT2D eigenvalue weighted by Crippen LogP contribution is -1.92. The first-order chi connectivity index (χ1) is 8.56. The first-order valence-electron chi connectivity index (χ1n) is 5.18. The van der Waals surface area contributed by atoms with Crippen molar-refractivity contribution in [2.45, 2.75) is 10.6 Å². The molecule has 0 aliphatic rings. The van der Waals surface area contributed by atoms with Gasteiger partial charge in [-0.25, -0.2) is 8.78 Å². The van der Waals surface area contributed by atoms with Crippen molar-refractivity contribution in [1.82, 2.24) is 0 Å². The number of anilines is 1. The molecular weight excluding hydrogens is 320 g/mol. The predicted molar refractivity (Wildman–Crippen MR) is 74.5 cm³/mol. The fourth-order valence-electron chi connectivity index (χ4n) is 1.44. The van der Waals surface area contributed by atoms with Gasteiger partial charge in [0.2, 0.25) is 0 Å². The summed E-state index contributed by atoms with van der Waals surface area (Å²) in [5.74, 6) is -0.221. The summed E-state index contributed by atoms with van der Waals surface area (Å²) < 4.78 is 27.4. The van der Waals surface area contributed by atoms with Gasteiger partial charge in [-0.3, -0.25) is 0 Å². The average molecular weight is 330 g/mol. The van der Waals surface area contributed by atoms with Gasteiger partial charge in [0, 0.05) is 20.8 Å². The Kier molecular flexibility index (Phi) is 4.24. The highest BCUT2D eigenvalue weighted by molar-refractivity contribution is 9.10. The second-order valence-electron chi connectivity index (χ2n) is 3.71. The molecule has 2 N–H and O–H groups in total. The summed E-state index contributed by atoms with van der Waals surface area (Å²) >= 11 is 4.60. The fourth-order valence-corrected chi connectivity index (χ4v) is 2.81. The Morgan fingerprint density at radius 3 is 2.67 bits per heavy atom. The Bertz CT molecular complexity index is 523. The maximum absolute atomic E-state index is 13.5. The average Bonchev–Trinajstić information content (AvgIpc) is 2.34. The van der Waals surface area contributed by atoms with Crippen LogP contribution in [0.5, 0.6) is 0 Å². The zero-order valence-electron chi connectivity index (χ0n) is 9.29. The Morgan fingerprint density at radius 1 is 1.11 bits per heavy atom. The molecule has 0 bridgehead atoms. The van der Waals surface area contributed by atoms with E-state index in [1.165, 1.54) is 36.0 Å². The lowest BCUT2D eigenvalue weighted by atomic mass is 10.2. The zero-order chi connectivity index (χ0) is 13.1. The normalized spacial score (nSPS) is 10.6. The van der Waals surface area contributed by atoms with Gasteiger partial charge in [0.05, 0.1) is 0 Å². The van der Waals surface area contributed by atoms with Crippen molar-refractivity contribution in [1.29, 1.82) is 0 Å². The van der Waals surface area contributed by atoms with Gasteiger partial charge in [0.15, 0.2) is 0 Å². The van der Waals surface area contributed by atoms with E-state index in [2.05, 4.69) is 15.9 Å². The van der Waals surface area contributed by atoms with Crippen LogP contribution in [-0.2, 0) is 5.75 Å². The summed E-state index contributed by atoms with van der Waals surface area (Å²) in [5, 5.41) is 0. The Labute approximate surface area is 117 Å². The summed E-state index contributed by atoms with van der Waals surface area (Å²) in [6, 6.07) is 8.91. The minimum Gasteiger partial charge on any atom is -0.398 e. The van der Waals surface area contributed by atoms with Crippen LogP contribution in [0.15, 0.2) is 45.8 Å². The third kappa shape index (κ3) is 3.23. The van der Waals surface area contributed by atoms with E-state index >= 15 is 0 Å². The van der Waals surface area contributed by atoms with Gasteiger partial charge in [-0.1, -0.05) is 15.9 Å². The SMILES string of the molecule is Nc1ccc(F)cc1SCc1cc(Br)ccc1F. The van der Waals surface area contributed by atoms with E-state index in [1.54, 1.807) is 12.1 Å². The zero-order valence-corrected chi connectivity index (χ0v) is 11.7. The molecule has 0 heterocycles. The van der Waals surface area contributed by atoms with Crippen LogP contribution >= 0.6 is 27.7 Å². The molecule has 2 rings (SSSR count). The maximum Gasteiger partial charge on any atom is 0.127 e. The predicted octanol–water partition coefficient (Wildman–Crippen LogP) is 4.60. The van der Waals surface area contributed by atoms with Gasteiger partial charge < -0.3 is 5.73 Å². The van der Waals surface area contributed by atoms with Crippen molar-refractivity contribution < 1.29 is 8.78 Å². The highest BCUT2D eigenvalue weighted by atomic mass is 79.9. The van der Waals surface area contributed by atoms with Gasteiger partial charge >= 0.3 is 0 Å². The van der Waals surface area contributed by atoms with Crippen LogP contribution in [0.2, 0.25) is 0 Å². The van der Waals surface area contributed by atoms with Gasteiger partial charge in [0.1, 0.15) is 11.6 Å². The molecule has 0 fully saturated rings. The van der Waals surface area contributed by atoms with E-state index in [9.17, 15) is 8.78 Å². The smallest absolute Gasteiger partial charge is 0.127 e. The molecule has 0 aromatic heterocycles. The van der Waals surface area contributed by atoms with Crippen LogP contribution in [0.1, 0.15) is 5.56 Å². The first kappa shape index (κ1) is 13.4. The van der Waals surface area contributed by atoms with Crippen molar-refractivity contribution in [2.24, 2.45) is 0 Å². The van der Waals surface area contributed by atoms with Crippen molar-refractivity contribution >= 4 is 33.4 Å². The number of halogens is 3. The molecule has 2 aromatic carbocycles. The van der Waals surface area contributed by atoms with E-state index in [0.717, 1.165) is 4.47 Å². The lowest BCUT2D eigenvalue weighted by molar-refractivity contribution is 0.617. The number of hydrogen-bond acceptors (Lipinski definition) is 2. The van der Waals surface area contributed by atoms with Gasteiger partial charge in [-0.15, -0.1) is 11.8 Å². The molecule has 94 valence electrons. The molecule has 0 saturated carbocycles. The summed E-state index contributed by atoms with van der Waals surface area (Å²) in [6.45, 7) is 0. The van der Waals surface area contributed by atoms with Crippen molar-refractivity contribution in [3.8, 4) is 0 Å². The maximum atomic E-state index is 13.5. The fraction of sp³-hybridized carbons (Fsp3) is 0.0769. The number of hydrogen-bond donors (Lipinski definition) is 1. The summed E-state index contributed by atoms with van der Waals surface area (Å²) in [6.07, 6.45) is 0. The molecule has 0 aliphatic heterocycles.